The number of hydrogen-bond donors (Lipinski definition) is 2. The zero-order valence-electron chi connectivity index (χ0n) is 10.9. The third-order valence-corrected chi connectivity index (χ3v) is 2.46. The summed E-state index contributed by atoms with van der Waals surface area (Å²) < 4.78 is 0. The molecule has 0 unspecified atom stereocenters. The molecule has 5 heteroatoms. The molecule has 0 heterocycles. The zero-order chi connectivity index (χ0) is 14.3. The van der Waals surface area contributed by atoms with Crippen LogP contribution in [0.4, 0.5) is 0 Å². The Bertz CT molecular complexity index is 518. The first-order chi connectivity index (χ1) is 9.02. The van der Waals surface area contributed by atoms with E-state index in [1.165, 1.54) is 6.20 Å². The Labute approximate surface area is 118 Å². The van der Waals surface area contributed by atoms with Gasteiger partial charge in [-0.2, -0.15) is 5.26 Å². The number of nitrogens with one attached hydrogen (secondary N) is 2. The fourth-order valence-corrected chi connectivity index (χ4v) is 1.62. The largest absolute Gasteiger partial charge is 0.386 e. The monoisotopic (exact) mass is 277 g/mol. The Kier molecular flexibility index (Phi) is 5.91. The van der Waals surface area contributed by atoms with Crippen molar-refractivity contribution < 1.29 is 4.79 Å². The summed E-state index contributed by atoms with van der Waals surface area (Å²) in [6.07, 6.45) is 1.42. The van der Waals surface area contributed by atoms with Crippen molar-refractivity contribution >= 4 is 17.5 Å². The molecule has 0 bridgehead atoms. The highest BCUT2D eigenvalue weighted by Gasteiger charge is 2.09. The van der Waals surface area contributed by atoms with Crippen LogP contribution in [0.2, 0.25) is 5.02 Å². The van der Waals surface area contributed by atoms with Crippen LogP contribution in [0.1, 0.15) is 19.4 Å². The summed E-state index contributed by atoms with van der Waals surface area (Å²) in [4.78, 5) is 11.6. The van der Waals surface area contributed by atoms with Crippen molar-refractivity contribution in [1.82, 2.24) is 10.6 Å². The Morgan fingerprint density at radius 2 is 2.26 bits per heavy atom. The normalized spacial score (nSPS) is 11.0. The lowest BCUT2D eigenvalue weighted by molar-refractivity contribution is -0.117. The Hall–Kier alpha value is -1.99. The van der Waals surface area contributed by atoms with Crippen LogP contribution in [0.5, 0.6) is 0 Å². The second-order valence-electron chi connectivity index (χ2n) is 4.31. The number of hydrogen-bond acceptors (Lipinski definition) is 3. The van der Waals surface area contributed by atoms with Crippen molar-refractivity contribution in [2.24, 2.45) is 0 Å². The maximum Gasteiger partial charge on any atom is 0.263 e. The van der Waals surface area contributed by atoms with Crippen molar-refractivity contribution in [3.05, 3.63) is 46.6 Å². The van der Waals surface area contributed by atoms with E-state index in [2.05, 4.69) is 10.6 Å². The fourth-order valence-electron chi connectivity index (χ4n) is 1.41. The number of rotatable bonds is 5. The Balaban J connectivity index is 2.59. The van der Waals surface area contributed by atoms with E-state index in [1.54, 1.807) is 6.07 Å². The fraction of sp³-hybridized carbons (Fsp3) is 0.286. The molecule has 1 aromatic rings. The number of amides is 1. The van der Waals surface area contributed by atoms with Gasteiger partial charge in [-0.1, -0.05) is 23.7 Å². The minimum Gasteiger partial charge on any atom is -0.386 e. The minimum atomic E-state index is -0.379. The van der Waals surface area contributed by atoms with Gasteiger partial charge in [0.25, 0.3) is 5.91 Å². The van der Waals surface area contributed by atoms with E-state index in [-0.39, 0.29) is 17.5 Å². The number of nitrogens with zero attached hydrogens (tertiary/aromatic N) is 1. The summed E-state index contributed by atoms with van der Waals surface area (Å²) in [6, 6.07) is 9.23. The summed E-state index contributed by atoms with van der Waals surface area (Å²) in [5.41, 5.74) is 1.03. The van der Waals surface area contributed by atoms with Gasteiger partial charge in [0.05, 0.1) is 0 Å². The molecule has 2 N–H and O–H groups in total. The topological polar surface area (TPSA) is 64.9 Å². The van der Waals surface area contributed by atoms with Gasteiger partial charge in [-0.25, -0.2) is 0 Å². The lowest BCUT2D eigenvalue weighted by Crippen LogP contribution is -2.31. The molecule has 1 amide bonds. The van der Waals surface area contributed by atoms with Crippen LogP contribution in [0, 0.1) is 11.3 Å². The predicted octanol–water partition coefficient (Wildman–Crippen LogP) is 2.36. The first-order valence-corrected chi connectivity index (χ1v) is 6.29. The van der Waals surface area contributed by atoms with Gasteiger partial charge in [-0.3, -0.25) is 4.79 Å². The average Bonchev–Trinajstić information content (AvgIpc) is 2.33. The van der Waals surface area contributed by atoms with Gasteiger partial charge in [0.2, 0.25) is 0 Å². The molecule has 0 saturated carbocycles. The van der Waals surface area contributed by atoms with E-state index in [0.717, 1.165) is 5.56 Å². The highest BCUT2D eigenvalue weighted by atomic mass is 35.5. The Morgan fingerprint density at radius 1 is 1.53 bits per heavy atom. The summed E-state index contributed by atoms with van der Waals surface area (Å²) >= 11 is 5.86. The summed E-state index contributed by atoms with van der Waals surface area (Å²) in [5.74, 6) is -0.379. The highest BCUT2D eigenvalue weighted by molar-refractivity contribution is 6.30. The van der Waals surface area contributed by atoms with E-state index in [1.807, 2.05) is 38.1 Å². The van der Waals surface area contributed by atoms with E-state index in [4.69, 9.17) is 16.9 Å². The van der Waals surface area contributed by atoms with E-state index < -0.39 is 0 Å². The maximum atomic E-state index is 11.6. The number of benzene rings is 1. The molecule has 100 valence electrons. The van der Waals surface area contributed by atoms with Crippen LogP contribution in [0.15, 0.2) is 36.0 Å². The van der Waals surface area contributed by atoms with E-state index in [0.29, 0.717) is 11.6 Å². The van der Waals surface area contributed by atoms with Crippen molar-refractivity contribution in [3.8, 4) is 6.07 Å². The van der Waals surface area contributed by atoms with Gasteiger partial charge in [-0.15, -0.1) is 0 Å². The van der Waals surface area contributed by atoms with Gasteiger partial charge in [0.1, 0.15) is 11.6 Å². The van der Waals surface area contributed by atoms with Crippen LogP contribution >= 0.6 is 11.6 Å². The van der Waals surface area contributed by atoms with Gasteiger partial charge >= 0.3 is 0 Å². The second kappa shape index (κ2) is 7.45. The lowest BCUT2D eigenvalue weighted by atomic mass is 10.2. The first-order valence-electron chi connectivity index (χ1n) is 5.92. The number of nitriles is 1. The molecule has 0 saturated heterocycles. The minimum absolute atomic E-state index is 0.00261. The maximum absolute atomic E-state index is 11.6. The lowest BCUT2D eigenvalue weighted by Gasteiger charge is -2.07. The highest BCUT2D eigenvalue weighted by Crippen LogP contribution is 2.10. The predicted molar refractivity (Wildman–Crippen MR) is 75.3 cm³/mol. The van der Waals surface area contributed by atoms with E-state index in [9.17, 15) is 4.79 Å². The van der Waals surface area contributed by atoms with E-state index >= 15 is 0 Å². The first kappa shape index (κ1) is 15.1. The van der Waals surface area contributed by atoms with Crippen molar-refractivity contribution in [2.45, 2.75) is 26.4 Å². The van der Waals surface area contributed by atoms with Gasteiger partial charge < -0.3 is 10.6 Å². The molecule has 0 spiro atoms. The average molecular weight is 278 g/mol. The smallest absolute Gasteiger partial charge is 0.263 e. The van der Waals surface area contributed by atoms with Crippen LogP contribution < -0.4 is 10.6 Å². The van der Waals surface area contributed by atoms with Crippen molar-refractivity contribution in [1.29, 1.82) is 5.26 Å². The molecule has 1 rings (SSSR count). The number of carbonyl (C=O) groups excluding carboxylic acids is 1. The van der Waals surface area contributed by atoms with Crippen molar-refractivity contribution in [2.75, 3.05) is 0 Å². The second-order valence-corrected chi connectivity index (χ2v) is 4.75. The zero-order valence-corrected chi connectivity index (χ0v) is 11.7. The Morgan fingerprint density at radius 3 is 2.84 bits per heavy atom. The third kappa shape index (κ3) is 5.45. The van der Waals surface area contributed by atoms with Crippen LogP contribution in [-0.2, 0) is 11.3 Å². The van der Waals surface area contributed by atoms with Gasteiger partial charge in [0, 0.05) is 23.8 Å². The summed E-state index contributed by atoms with van der Waals surface area (Å²) in [5, 5.41) is 15.2. The number of halogens is 1. The van der Waals surface area contributed by atoms with Crippen LogP contribution in [0.3, 0.4) is 0 Å². The molecule has 0 aromatic heterocycles. The molecule has 0 aliphatic carbocycles. The number of carbonyl (C=O) groups is 1. The SMILES string of the molecule is CC(C)NC(=O)/C(C#N)=C\NCc1cccc(Cl)c1. The summed E-state index contributed by atoms with van der Waals surface area (Å²) in [6.45, 7) is 4.18. The molecule has 19 heavy (non-hydrogen) atoms. The molecular formula is C14H16ClN3O. The van der Waals surface area contributed by atoms with Crippen LogP contribution in [0.25, 0.3) is 0 Å². The molecular weight excluding hydrogens is 262 g/mol. The molecule has 0 aliphatic rings. The van der Waals surface area contributed by atoms with Gasteiger partial charge in [-0.05, 0) is 31.5 Å². The molecule has 0 aliphatic heterocycles. The molecule has 0 fully saturated rings. The third-order valence-electron chi connectivity index (χ3n) is 2.23. The molecule has 4 nitrogen and oxygen atoms in total. The van der Waals surface area contributed by atoms with Crippen molar-refractivity contribution in [3.63, 3.8) is 0 Å². The molecule has 0 atom stereocenters. The van der Waals surface area contributed by atoms with Gasteiger partial charge in [0.15, 0.2) is 0 Å². The molecule has 0 radical (unpaired) electrons. The standard InChI is InChI=1S/C14H16ClN3O/c1-10(2)18-14(19)12(7-16)9-17-8-11-4-3-5-13(15)6-11/h3-6,9-10,17H,8H2,1-2H3,(H,18,19)/b12-9-. The molecule has 1 aromatic carbocycles. The van der Waals surface area contributed by atoms with Crippen LogP contribution in [-0.4, -0.2) is 11.9 Å². The quantitative estimate of drug-likeness (QED) is 0.641. The summed E-state index contributed by atoms with van der Waals surface area (Å²) in [7, 11) is 0.